The zero-order valence-electron chi connectivity index (χ0n) is 14.2. The number of carbonyl (C=O) groups excluding carboxylic acids is 2. The Morgan fingerprint density at radius 2 is 1.79 bits per heavy atom. The largest absolute Gasteiger partial charge is 0.480 e. The van der Waals surface area contributed by atoms with Crippen molar-refractivity contribution < 1.29 is 24.2 Å². The Morgan fingerprint density at radius 1 is 1.17 bits per heavy atom. The van der Waals surface area contributed by atoms with Gasteiger partial charge < -0.3 is 20.5 Å². The summed E-state index contributed by atoms with van der Waals surface area (Å²) in [5.74, 6) is -1.56. The van der Waals surface area contributed by atoms with Gasteiger partial charge in [0.2, 0.25) is 0 Å². The number of carbonyl (C=O) groups is 3. The Morgan fingerprint density at radius 3 is 2.33 bits per heavy atom. The molecule has 1 aromatic carbocycles. The van der Waals surface area contributed by atoms with E-state index >= 15 is 0 Å². The molecule has 3 N–H and O–H groups in total. The second kappa shape index (κ2) is 8.90. The number of carboxylic acid groups (broad SMARTS) is 1. The molecule has 0 fully saturated rings. The molecule has 0 heterocycles. The fourth-order valence-corrected chi connectivity index (χ4v) is 1.90. The lowest BCUT2D eigenvalue weighted by atomic mass is 10.1. The third kappa shape index (κ3) is 7.62. The quantitative estimate of drug-likeness (QED) is 0.662. The van der Waals surface area contributed by atoms with Crippen molar-refractivity contribution in [2.24, 2.45) is 0 Å². The van der Waals surface area contributed by atoms with Crippen molar-refractivity contribution >= 4 is 18.0 Å². The van der Waals surface area contributed by atoms with Gasteiger partial charge in [-0.2, -0.15) is 0 Å². The molecular formula is C17H24N2O5. The van der Waals surface area contributed by atoms with Gasteiger partial charge in [0.25, 0.3) is 5.91 Å². The summed E-state index contributed by atoms with van der Waals surface area (Å²) < 4.78 is 5.08. The smallest absolute Gasteiger partial charge is 0.407 e. The predicted molar refractivity (Wildman–Crippen MR) is 88.8 cm³/mol. The van der Waals surface area contributed by atoms with Crippen LogP contribution >= 0.6 is 0 Å². The van der Waals surface area contributed by atoms with Crippen LogP contribution in [0.5, 0.6) is 0 Å². The normalized spacial score (nSPS) is 12.1. The first-order valence-electron chi connectivity index (χ1n) is 7.74. The number of benzene rings is 1. The van der Waals surface area contributed by atoms with Crippen molar-refractivity contribution in [2.75, 3.05) is 6.54 Å². The predicted octanol–water partition coefficient (Wildman–Crippen LogP) is 2.17. The maximum Gasteiger partial charge on any atom is 0.407 e. The summed E-state index contributed by atoms with van der Waals surface area (Å²) in [6.07, 6.45) is 0.0392. The van der Waals surface area contributed by atoms with Crippen LogP contribution in [0.1, 0.15) is 44.0 Å². The molecule has 0 aromatic heterocycles. The fourth-order valence-electron chi connectivity index (χ4n) is 1.90. The lowest BCUT2D eigenvalue weighted by Crippen LogP contribution is -2.41. The van der Waals surface area contributed by atoms with Crippen LogP contribution in [0.25, 0.3) is 0 Å². The highest BCUT2D eigenvalue weighted by molar-refractivity contribution is 5.96. The van der Waals surface area contributed by atoms with E-state index in [0.29, 0.717) is 12.0 Å². The Bertz CT molecular complexity index is 566. The molecule has 0 bridgehead atoms. The number of alkyl carbamates (subject to hydrolysis) is 1. The van der Waals surface area contributed by atoms with E-state index in [-0.39, 0.29) is 13.0 Å². The average Bonchev–Trinajstić information content (AvgIpc) is 2.49. The average molecular weight is 336 g/mol. The van der Waals surface area contributed by atoms with Gasteiger partial charge in [0.15, 0.2) is 0 Å². The summed E-state index contributed by atoms with van der Waals surface area (Å²) in [7, 11) is 0. The highest BCUT2D eigenvalue weighted by Crippen LogP contribution is 2.07. The number of hydrogen-bond donors (Lipinski definition) is 3. The van der Waals surface area contributed by atoms with Crippen LogP contribution in [0.3, 0.4) is 0 Å². The Labute approximate surface area is 141 Å². The molecule has 0 radical (unpaired) electrons. The van der Waals surface area contributed by atoms with Crippen LogP contribution in [0.15, 0.2) is 30.3 Å². The Kier molecular flexibility index (Phi) is 7.23. The summed E-state index contributed by atoms with van der Waals surface area (Å²) in [6.45, 7) is 5.53. The number of rotatable bonds is 7. The topological polar surface area (TPSA) is 105 Å². The zero-order chi connectivity index (χ0) is 18.2. The Balaban J connectivity index is 2.40. The molecule has 0 saturated heterocycles. The molecule has 7 nitrogen and oxygen atoms in total. The molecule has 1 rings (SSSR count). The van der Waals surface area contributed by atoms with E-state index < -0.39 is 29.6 Å². The zero-order valence-corrected chi connectivity index (χ0v) is 14.2. The lowest BCUT2D eigenvalue weighted by molar-refractivity contribution is -0.139. The molecule has 132 valence electrons. The summed E-state index contributed by atoms with van der Waals surface area (Å²) in [4.78, 5) is 34.7. The van der Waals surface area contributed by atoms with Gasteiger partial charge in [-0.1, -0.05) is 18.2 Å². The number of hydrogen-bond acceptors (Lipinski definition) is 4. The minimum Gasteiger partial charge on any atom is -0.480 e. The second-order valence-corrected chi connectivity index (χ2v) is 6.30. The fraction of sp³-hybridized carbons (Fsp3) is 0.471. The maximum absolute atomic E-state index is 12.0. The van der Waals surface area contributed by atoms with Crippen LogP contribution in [-0.4, -0.2) is 41.3 Å². The number of carboxylic acids is 1. The van der Waals surface area contributed by atoms with Crippen LogP contribution in [-0.2, 0) is 9.53 Å². The molecule has 7 heteroatoms. The van der Waals surface area contributed by atoms with E-state index in [1.165, 1.54) is 0 Å². The van der Waals surface area contributed by atoms with Gasteiger partial charge in [-0.05, 0) is 45.7 Å². The molecule has 0 spiro atoms. The molecule has 1 atom stereocenters. The first-order valence-corrected chi connectivity index (χ1v) is 7.74. The van der Waals surface area contributed by atoms with Gasteiger partial charge in [-0.15, -0.1) is 0 Å². The number of ether oxygens (including phenoxy) is 1. The maximum atomic E-state index is 12.0. The molecule has 1 aromatic rings. The van der Waals surface area contributed by atoms with Gasteiger partial charge in [-0.25, -0.2) is 9.59 Å². The van der Waals surface area contributed by atoms with Crippen molar-refractivity contribution in [3.8, 4) is 0 Å². The van der Waals surface area contributed by atoms with Gasteiger partial charge in [0.05, 0.1) is 0 Å². The number of nitrogens with one attached hydrogen (secondary N) is 2. The van der Waals surface area contributed by atoms with Crippen molar-refractivity contribution in [3.05, 3.63) is 35.9 Å². The molecule has 0 aliphatic heterocycles. The molecule has 2 amide bonds. The van der Waals surface area contributed by atoms with Crippen LogP contribution < -0.4 is 10.6 Å². The second-order valence-electron chi connectivity index (χ2n) is 6.30. The van der Waals surface area contributed by atoms with E-state index in [0.717, 1.165) is 0 Å². The molecule has 0 aliphatic rings. The monoisotopic (exact) mass is 336 g/mol. The Hall–Kier alpha value is -2.57. The van der Waals surface area contributed by atoms with Gasteiger partial charge in [-0.3, -0.25) is 4.79 Å². The summed E-state index contributed by atoms with van der Waals surface area (Å²) in [5.41, 5.74) is -0.187. The third-order valence-corrected chi connectivity index (χ3v) is 2.98. The van der Waals surface area contributed by atoms with Crippen molar-refractivity contribution in [2.45, 2.75) is 45.3 Å². The van der Waals surface area contributed by atoms with Crippen LogP contribution in [0, 0.1) is 0 Å². The minimum atomic E-state index is -1.11. The SMILES string of the molecule is CC(C)(C)OC(=O)NCCCC(NC(=O)c1ccccc1)C(=O)O. The van der Waals surface area contributed by atoms with Crippen LogP contribution in [0.4, 0.5) is 4.79 Å². The van der Waals surface area contributed by atoms with Crippen LogP contribution in [0.2, 0.25) is 0 Å². The first kappa shape index (κ1) is 19.5. The van der Waals surface area contributed by atoms with E-state index in [9.17, 15) is 19.5 Å². The first-order chi connectivity index (χ1) is 11.2. The molecule has 24 heavy (non-hydrogen) atoms. The van der Waals surface area contributed by atoms with Crippen molar-refractivity contribution in [1.82, 2.24) is 10.6 Å². The summed E-state index contributed by atoms with van der Waals surface area (Å²) >= 11 is 0. The molecule has 0 aliphatic carbocycles. The summed E-state index contributed by atoms with van der Waals surface area (Å²) in [5, 5.41) is 14.2. The lowest BCUT2D eigenvalue weighted by Gasteiger charge is -2.20. The number of amides is 2. The van der Waals surface area contributed by atoms with E-state index in [1.807, 2.05) is 0 Å². The van der Waals surface area contributed by atoms with Gasteiger partial charge in [0.1, 0.15) is 11.6 Å². The summed E-state index contributed by atoms with van der Waals surface area (Å²) in [6, 6.07) is 7.38. The minimum absolute atomic E-state index is 0.198. The van der Waals surface area contributed by atoms with E-state index in [1.54, 1.807) is 51.1 Å². The van der Waals surface area contributed by atoms with Gasteiger partial charge >= 0.3 is 12.1 Å². The van der Waals surface area contributed by atoms with Gasteiger partial charge in [0, 0.05) is 12.1 Å². The molecule has 1 unspecified atom stereocenters. The molecule has 0 saturated carbocycles. The van der Waals surface area contributed by atoms with E-state index in [2.05, 4.69) is 10.6 Å². The third-order valence-electron chi connectivity index (χ3n) is 2.98. The number of aliphatic carboxylic acids is 1. The van der Waals surface area contributed by atoms with Crippen molar-refractivity contribution in [3.63, 3.8) is 0 Å². The van der Waals surface area contributed by atoms with E-state index in [4.69, 9.17) is 4.74 Å². The highest BCUT2D eigenvalue weighted by atomic mass is 16.6. The van der Waals surface area contributed by atoms with Crippen molar-refractivity contribution in [1.29, 1.82) is 0 Å². The standard InChI is InChI=1S/C17H24N2O5/c1-17(2,3)24-16(23)18-11-7-10-13(15(21)22)19-14(20)12-8-5-4-6-9-12/h4-6,8-9,13H,7,10-11H2,1-3H3,(H,18,23)(H,19,20)(H,21,22). The molecular weight excluding hydrogens is 312 g/mol. The highest BCUT2D eigenvalue weighted by Gasteiger charge is 2.20.